The van der Waals surface area contributed by atoms with Crippen LogP contribution in [-0.2, 0) is 4.74 Å². The molecule has 1 rings (SSSR count). The van der Waals surface area contributed by atoms with Gasteiger partial charge in [-0.1, -0.05) is 6.42 Å². The molecule has 1 aliphatic rings. The molecule has 0 saturated heterocycles. The summed E-state index contributed by atoms with van der Waals surface area (Å²) in [5.74, 6) is 0. The van der Waals surface area contributed by atoms with Crippen molar-refractivity contribution >= 4 is 13.1 Å². The number of alkyl carbamates (subject to hydrolysis) is 1. The van der Waals surface area contributed by atoms with Crippen LogP contribution in [0.25, 0.3) is 0 Å². The Labute approximate surface area is 105 Å². The van der Waals surface area contributed by atoms with E-state index in [1.807, 2.05) is 0 Å². The van der Waals surface area contributed by atoms with E-state index in [-0.39, 0.29) is 18.9 Å². The van der Waals surface area contributed by atoms with Crippen LogP contribution in [0.15, 0.2) is 11.5 Å². The molecule has 0 bridgehead atoms. The molecule has 0 aromatic rings. The maximum atomic E-state index is 12.4. The topological polar surface area (TPSA) is 38.3 Å². The van der Waals surface area contributed by atoms with Crippen molar-refractivity contribution in [2.45, 2.75) is 51.7 Å². The van der Waals surface area contributed by atoms with Crippen LogP contribution in [0.4, 0.5) is 17.7 Å². The Morgan fingerprint density at radius 3 is 2.44 bits per heavy atom. The molecule has 1 atom stereocenters. The van der Waals surface area contributed by atoms with E-state index in [0.29, 0.717) is 6.42 Å². The summed E-state index contributed by atoms with van der Waals surface area (Å²) in [6, 6.07) is -0.276. The number of carbonyl (C=O) groups excluding carboxylic acids is 1. The summed E-state index contributed by atoms with van der Waals surface area (Å²) in [5.41, 5.74) is -1.05. The van der Waals surface area contributed by atoms with Gasteiger partial charge in [-0.15, -0.1) is 11.5 Å². The van der Waals surface area contributed by atoms with E-state index in [1.165, 1.54) is 6.08 Å². The van der Waals surface area contributed by atoms with Crippen LogP contribution in [0.5, 0.6) is 0 Å². The Morgan fingerprint density at radius 1 is 1.44 bits per heavy atom. The highest BCUT2D eigenvalue weighted by Crippen LogP contribution is 2.29. The van der Waals surface area contributed by atoms with Gasteiger partial charge in [0.1, 0.15) is 5.60 Å². The second-order valence-electron chi connectivity index (χ2n) is 5.47. The van der Waals surface area contributed by atoms with Crippen LogP contribution < -0.4 is 5.32 Å². The van der Waals surface area contributed by atoms with Crippen LogP contribution in [-0.4, -0.2) is 24.7 Å². The van der Waals surface area contributed by atoms with Gasteiger partial charge in [-0.3, -0.25) is 0 Å². The third-order valence-electron chi connectivity index (χ3n) is 2.59. The van der Waals surface area contributed by atoms with Gasteiger partial charge in [-0.2, -0.15) is 0 Å². The molecule has 0 heterocycles. The van der Waals surface area contributed by atoms with Crippen molar-refractivity contribution < 1.29 is 22.5 Å². The fourth-order valence-corrected chi connectivity index (χ4v) is 1.76. The largest absolute Gasteiger partial charge is 0.505 e. The summed E-state index contributed by atoms with van der Waals surface area (Å²) in [5, 5.41) is 2.58. The Hall–Kier alpha value is -1.14. The zero-order chi connectivity index (χ0) is 14.0. The molecule has 0 radical (unpaired) electrons. The van der Waals surface area contributed by atoms with Gasteiger partial charge < -0.3 is 23.0 Å². The Morgan fingerprint density at radius 2 is 2.06 bits per heavy atom. The molecule has 3 nitrogen and oxygen atoms in total. The van der Waals surface area contributed by atoms with Crippen LogP contribution in [0.2, 0.25) is 0 Å². The van der Waals surface area contributed by atoms with E-state index in [0.717, 1.165) is 0 Å². The van der Waals surface area contributed by atoms with Crippen LogP contribution in [0, 0.1) is 0 Å². The number of nitrogens with one attached hydrogen (secondary N) is 1. The second-order valence-corrected chi connectivity index (χ2v) is 5.47. The minimum absolute atomic E-state index is 0.0377. The van der Waals surface area contributed by atoms with E-state index in [1.54, 1.807) is 20.8 Å². The smallest absolute Gasteiger partial charge is 0.445 e. The molecule has 104 valence electrons. The fourth-order valence-electron chi connectivity index (χ4n) is 1.76. The number of allylic oxidation sites excluding steroid dienone is 1. The standard InChI is InChI=1S/C11H18BF3NO2/c1-11(2,3)18-10(17)16-9-6-4-8(5-7-9)12(13,14)15/h4,9H,5-7H2,1-3H3,(H,16,17)/q-1. The fraction of sp³-hybridized carbons (Fsp3) is 0.727. The highest BCUT2D eigenvalue weighted by atomic mass is 19.4. The summed E-state index contributed by atoms with van der Waals surface area (Å²) < 4.78 is 42.4. The molecular formula is C11H18BF3NO2-. The van der Waals surface area contributed by atoms with Crippen molar-refractivity contribution in [3.63, 3.8) is 0 Å². The number of ether oxygens (including phenoxy) is 1. The van der Waals surface area contributed by atoms with Gasteiger partial charge in [0.05, 0.1) is 0 Å². The summed E-state index contributed by atoms with van der Waals surface area (Å²) >= 11 is 0. The summed E-state index contributed by atoms with van der Waals surface area (Å²) in [6.45, 7) is 0.321. The molecule has 1 aliphatic carbocycles. The van der Waals surface area contributed by atoms with Crippen LogP contribution in [0.3, 0.4) is 0 Å². The molecule has 1 amide bonds. The van der Waals surface area contributed by atoms with Crippen molar-refractivity contribution in [2.24, 2.45) is 0 Å². The predicted octanol–water partition coefficient (Wildman–Crippen LogP) is 3.38. The number of halogens is 3. The normalized spacial score (nSPS) is 21.2. The first-order valence-electron chi connectivity index (χ1n) is 5.96. The zero-order valence-electron chi connectivity index (χ0n) is 10.8. The molecule has 1 unspecified atom stereocenters. The van der Waals surface area contributed by atoms with Crippen molar-refractivity contribution in [2.75, 3.05) is 0 Å². The lowest BCUT2D eigenvalue weighted by Gasteiger charge is -2.29. The molecule has 0 fully saturated rings. The van der Waals surface area contributed by atoms with Crippen molar-refractivity contribution in [1.82, 2.24) is 5.32 Å². The van der Waals surface area contributed by atoms with E-state index >= 15 is 0 Å². The van der Waals surface area contributed by atoms with Gasteiger partial charge in [-0.05, 0) is 33.6 Å². The lowest BCUT2D eigenvalue weighted by molar-refractivity contribution is 0.0501. The quantitative estimate of drug-likeness (QED) is 0.776. The lowest BCUT2D eigenvalue weighted by atomic mass is 9.72. The molecule has 0 spiro atoms. The van der Waals surface area contributed by atoms with E-state index in [2.05, 4.69) is 5.32 Å². The molecule has 0 aliphatic heterocycles. The Bertz CT molecular complexity index is 347. The Balaban J connectivity index is 2.45. The molecule has 0 aromatic heterocycles. The Kier molecular flexibility index (Phi) is 4.34. The maximum absolute atomic E-state index is 12.4. The predicted molar refractivity (Wildman–Crippen MR) is 64.2 cm³/mol. The lowest BCUT2D eigenvalue weighted by Crippen LogP contribution is -2.40. The molecule has 18 heavy (non-hydrogen) atoms. The highest BCUT2D eigenvalue weighted by molar-refractivity contribution is 6.66. The first-order valence-corrected chi connectivity index (χ1v) is 5.96. The average Bonchev–Trinajstić information content (AvgIpc) is 2.13. The first-order chi connectivity index (χ1) is 8.08. The molecule has 7 heteroatoms. The van der Waals surface area contributed by atoms with Crippen molar-refractivity contribution in [3.05, 3.63) is 11.5 Å². The number of carbonyl (C=O) groups is 1. The van der Waals surface area contributed by atoms with E-state index in [4.69, 9.17) is 4.74 Å². The number of hydrogen-bond acceptors (Lipinski definition) is 2. The third kappa shape index (κ3) is 5.02. The molecule has 0 saturated carbocycles. The van der Waals surface area contributed by atoms with Gasteiger partial charge in [0.2, 0.25) is 0 Å². The number of rotatable bonds is 2. The maximum Gasteiger partial charge on any atom is 0.505 e. The molecule has 0 aromatic carbocycles. The summed E-state index contributed by atoms with van der Waals surface area (Å²) in [6.07, 6.45) is 1.05. The molecule has 1 N–H and O–H groups in total. The molecular weight excluding hydrogens is 246 g/mol. The minimum Gasteiger partial charge on any atom is -0.445 e. The van der Waals surface area contributed by atoms with Gasteiger partial charge in [0, 0.05) is 6.04 Å². The average molecular weight is 264 g/mol. The summed E-state index contributed by atoms with van der Waals surface area (Å²) in [4.78, 5) is 11.4. The zero-order valence-corrected chi connectivity index (χ0v) is 10.8. The van der Waals surface area contributed by atoms with Gasteiger partial charge in [-0.25, -0.2) is 4.79 Å². The second kappa shape index (κ2) is 5.24. The van der Waals surface area contributed by atoms with Gasteiger partial charge in [0.25, 0.3) is 0 Å². The SMILES string of the molecule is CC(C)(C)OC(=O)NC1CC=C([B-](F)(F)F)CC1. The number of amides is 1. The van der Waals surface area contributed by atoms with Gasteiger partial charge >= 0.3 is 13.1 Å². The summed E-state index contributed by atoms with van der Waals surface area (Å²) in [7, 11) is 0. The number of hydrogen-bond donors (Lipinski definition) is 1. The van der Waals surface area contributed by atoms with E-state index in [9.17, 15) is 17.7 Å². The minimum atomic E-state index is -4.88. The van der Waals surface area contributed by atoms with Gasteiger partial charge in [0.15, 0.2) is 0 Å². The first kappa shape index (κ1) is 14.9. The van der Waals surface area contributed by atoms with Crippen molar-refractivity contribution in [3.8, 4) is 0 Å². The highest BCUT2D eigenvalue weighted by Gasteiger charge is 2.31. The van der Waals surface area contributed by atoms with Crippen LogP contribution >= 0.6 is 0 Å². The van der Waals surface area contributed by atoms with Crippen molar-refractivity contribution in [1.29, 1.82) is 0 Å². The van der Waals surface area contributed by atoms with Crippen LogP contribution in [0.1, 0.15) is 40.0 Å². The van der Waals surface area contributed by atoms with E-state index < -0.39 is 24.1 Å². The monoisotopic (exact) mass is 264 g/mol. The third-order valence-corrected chi connectivity index (χ3v) is 2.59.